The molecule has 2 rings (SSSR count). The molecule has 1 aliphatic heterocycles. The van der Waals surface area contributed by atoms with Crippen molar-refractivity contribution in [3.8, 4) is 0 Å². The van der Waals surface area contributed by atoms with Crippen molar-refractivity contribution in [2.75, 3.05) is 19.7 Å². The molecule has 1 saturated heterocycles. The van der Waals surface area contributed by atoms with Crippen LogP contribution in [0.25, 0.3) is 0 Å². The summed E-state index contributed by atoms with van der Waals surface area (Å²) in [5.74, 6) is -0.0530. The first-order valence-electron chi connectivity index (χ1n) is 6.62. The summed E-state index contributed by atoms with van der Waals surface area (Å²) in [4.78, 5) is 25.0. The van der Waals surface area contributed by atoms with Gasteiger partial charge in [-0.25, -0.2) is 4.79 Å². The van der Waals surface area contributed by atoms with Gasteiger partial charge in [0, 0.05) is 26.1 Å². The minimum atomic E-state index is -0.375. The fourth-order valence-electron chi connectivity index (χ4n) is 2.06. The molecule has 20 heavy (non-hydrogen) atoms. The van der Waals surface area contributed by atoms with Gasteiger partial charge in [-0.1, -0.05) is 0 Å². The number of ether oxygens (including phenoxy) is 1. The van der Waals surface area contributed by atoms with Crippen LogP contribution in [-0.2, 0) is 4.74 Å². The Morgan fingerprint density at radius 2 is 2.10 bits per heavy atom. The molecular formula is C12H18N4O4. The van der Waals surface area contributed by atoms with Gasteiger partial charge in [-0.3, -0.25) is 4.79 Å². The molecule has 0 saturated carbocycles. The lowest BCUT2D eigenvalue weighted by Gasteiger charge is -2.31. The molecule has 0 spiro atoms. The van der Waals surface area contributed by atoms with Crippen LogP contribution in [0, 0.1) is 6.92 Å². The van der Waals surface area contributed by atoms with E-state index in [0.29, 0.717) is 38.4 Å². The second kappa shape index (κ2) is 6.36. The zero-order chi connectivity index (χ0) is 14.5. The van der Waals surface area contributed by atoms with Crippen molar-refractivity contribution in [1.82, 2.24) is 20.4 Å². The van der Waals surface area contributed by atoms with E-state index in [4.69, 9.17) is 9.15 Å². The summed E-state index contributed by atoms with van der Waals surface area (Å²) in [6, 6.07) is 0.000354. The zero-order valence-electron chi connectivity index (χ0n) is 11.6. The standard InChI is InChI=1S/C12H18N4O4/c1-3-19-12(18)16-6-4-9(5-7-16)13-10(17)11-15-14-8(2)20-11/h9H,3-7H2,1-2H3,(H,13,17). The average Bonchev–Trinajstić information content (AvgIpc) is 2.86. The number of hydrogen-bond acceptors (Lipinski definition) is 6. The van der Waals surface area contributed by atoms with Crippen molar-refractivity contribution >= 4 is 12.0 Å². The molecule has 8 heteroatoms. The van der Waals surface area contributed by atoms with Crippen LogP contribution in [0.15, 0.2) is 4.42 Å². The van der Waals surface area contributed by atoms with Crippen molar-refractivity contribution in [2.45, 2.75) is 32.7 Å². The molecule has 0 aromatic carbocycles. The Bertz CT molecular complexity index is 480. The van der Waals surface area contributed by atoms with Crippen LogP contribution in [0.5, 0.6) is 0 Å². The number of likely N-dealkylation sites (tertiary alicyclic amines) is 1. The van der Waals surface area contributed by atoms with Crippen LogP contribution in [0.1, 0.15) is 36.3 Å². The molecule has 2 heterocycles. The van der Waals surface area contributed by atoms with Gasteiger partial charge in [-0.15, -0.1) is 10.2 Å². The molecule has 0 radical (unpaired) electrons. The van der Waals surface area contributed by atoms with Crippen molar-refractivity contribution in [3.05, 3.63) is 11.8 Å². The highest BCUT2D eigenvalue weighted by Gasteiger charge is 2.26. The smallest absolute Gasteiger partial charge is 0.409 e. The highest BCUT2D eigenvalue weighted by molar-refractivity contribution is 5.89. The maximum atomic E-state index is 11.8. The van der Waals surface area contributed by atoms with Crippen LogP contribution in [-0.4, -0.2) is 52.8 Å². The van der Waals surface area contributed by atoms with Crippen molar-refractivity contribution < 1.29 is 18.7 Å². The van der Waals surface area contributed by atoms with E-state index in [2.05, 4.69) is 15.5 Å². The molecule has 8 nitrogen and oxygen atoms in total. The summed E-state index contributed by atoms with van der Waals surface area (Å²) >= 11 is 0. The molecule has 0 bridgehead atoms. The molecule has 1 aromatic rings. The van der Waals surface area contributed by atoms with Crippen LogP contribution >= 0.6 is 0 Å². The molecule has 1 aromatic heterocycles. The molecule has 110 valence electrons. The number of aryl methyl sites for hydroxylation is 1. The second-order valence-corrected chi connectivity index (χ2v) is 4.56. The lowest BCUT2D eigenvalue weighted by atomic mass is 10.1. The Morgan fingerprint density at radius 3 is 2.65 bits per heavy atom. The molecule has 2 amide bonds. The van der Waals surface area contributed by atoms with Gasteiger partial charge in [0.1, 0.15) is 0 Å². The summed E-state index contributed by atoms with van der Waals surface area (Å²) in [5, 5.41) is 10.1. The van der Waals surface area contributed by atoms with Crippen molar-refractivity contribution in [3.63, 3.8) is 0 Å². The number of carbonyl (C=O) groups excluding carboxylic acids is 2. The number of rotatable bonds is 3. The average molecular weight is 282 g/mol. The number of amides is 2. The number of nitrogens with one attached hydrogen (secondary N) is 1. The van der Waals surface area contributed by atoms with Crippen molar-refractivity contribution in [1.29, 1.82) is 0 Å². The van der Waals surface area contributed by atoms with E-state index >= 15 is 0 Å². The first-order valence-corrected chi connectivity index (χ1v) is 6.62. The fourth-order valence-corrected chi connectivity index (χ4v) is 2.06. The number of nitrogens with zero attached hydrogens (tertiary/aromatic N) is 3. The highest BCUT2D eigenvalue weighted by Crippen LogP contribution is 2.12. The van der Waals surface area contributed by atoms with E-state index in [1.54, 1.807) is 18.7 Å². The molecule has 0 aliphatic carbocycles. The number of aromatic nitrogens is 2. The van der Waals surface area contributed by atoms with Gasteiger partial charge in [0.2, 0.25) is 5.89 Å². The van der Waals surface area contributed by atoms with E-state index in [1.807, 2.05) is 0 Å². The Kier molecular flexibility index (Phi) is 4.54. The Hall–Kier alpha value is -2.12. The highest BCUT2D eigenvalue weighted by atomic mass is 16.6. The fraction of sp³-hybridized carbons (Fsp3) is 0.667. The Morgan fingerprint density at radius 1 is 1.40 bits per heavy atom. The maximum Gasteiger partial charge on any atom is 0.409 e. The van der Waals surface area contributed by atoms with E-state index < -0.39 is 0 Å². The topological polar surface area (TPSA) is 97.6 Å². The molecule has 0 atom stereocenters. The van der Waals surface area contributed by atoms with E-state index in [-0.39, 0.29) is 23.9 Å². The van der Waals surface area contributed by atoms with E-state index in [1.165, 1.54) is 0 Å². The summed E-state index contributed by atoms with van der Waals surface area (Å²) in [6.45, 7) is 4.89. The van der Waals surface area contributed by atoms with Gasteiger partial charge >= 0.3 is 17.9 Å². The normalized spacial score (nSPS) is 16.0. The van der Waals surface area contributed by atoms with Gasteiger partial charge in [0.15, 0.2) is 0 Å². The lowest BCUT2D eigenvalue weighted by Crippen LogP contribution is -2.46. The summed E-state index contributed by atoms with van der Waals surface area (Å²) in [7, 11) is 0. The molecular weight excluding hydrogens is 264 g/mol. The summed E-state index contributed by atoms with van der Waals surface area (Å²) in [5.41, 5.74) is 0. The maximum absolute atomic E-state index is 11.8. The minimum Gasteiger partial charge on any atom is -0.450 e. The summed E-state index contributed by atoms with van der Waals surface area (Å²) in [6.07, 6.45) is 1.06. The predicted molar refractivity (Wildman–Crippen MR) is 68.1 cm³/mol. The number of carbonyl (C=O) groups is 2. The molecule has 1 aliphatic rings. The third-order valence-electron chi connectivity index (χ3n) is 3.08. The first kappa shape index (κ1) is 14.3. The predicted octanol–water partition coefficient (Wildman–Crippen LogP) is 0.729. The van der Waals surface area contributed by atoms with Gasteiger partial charge in [-0.2, -0.15) is 0 Å². The third kappa shape index (κ3) is 3.46. The molecule has 1 fully saturated rings. The third-order valence-corrected chi connectivity index (χ3v) is 3.08. The van der Waals surface area contributed by atoms with Crippen LogP contribution in [0.3, 0.4) is 0 Å². The zero-order valence-corrected chi connectivity index (χ0v) is 11.6. The van der Waals surface area contributed by atoms with Crippen molar-refractivity contribution in [2.24, 2.45) is 0 Å². The Balaban J connectivity index is 1.80. The van der Waals surface area contributed by atoms with Gasteiger partial charge < -0.3 is 19.4 Å². The summed E-state index contributed by atoms with van der Waals surface area (Å²) < 4.78 is 10.00. The van der Waals surface area contributed by atoms with E-state index in [9.17, 15) is 9.59 Å². The Labute approximate surface area is 116 Å². The first-order chi connectivity index (χ1) is 9.60. The monoisotopic (exact) mass is 282 g/mol. The SMILES string of the molecule is CCOC(=O)N1CCC(NC(=O)c2nnc(C)o2)CC1. The second-order valence-electron chi connectivity index (χ2n) is 4.56. The number of piperidine rings is 1. The molecule has 1 N–H and O–H groups in total. The van der Waals surface area contributed by atoms with Gasteiger partial charge in [0.05, 0.1) is 6.61 Å². The molecule has 0 unspecified atom stereocenters. The number of hydrogen-bond donors (Lipinski definition) is 1. The lowest BCUT2D eigenvalue weighted by molar-refractivity contribution is 0.0834. The quantitative estimate of drug-likeness (QED) is 0.877. The minimum absolute atomic E-state index is 0.000354. The van der Waals surface area contributed by atoms with Crippen LogP contribution in [0.2, 0.25) is 0 Å². The van der Waals surface area contributed by atoms with Crippen LogP contribution < -0.4 is 5.32 Å². The largest absolute Gasteiger partial charge is 0.450 e. The van der Waals surface area contributed by atoms with E-state index in [0.717, 1.165) is 0 Å². The van der Waals surface area contributed by atoms with Crippen LogP contribution in [0.4, 0.5) is 4.79 Å². The van der Waals surface area contributed by atoms with Gasteiger partial charge in [-0.05, 0) is 19.8 Å². The van der Waals surface area contributed by atoms with Gasteiger partial charge in [0.25, 0.3) is 0 Å².